The van der Waals surface area contributed by atoms with E-state index in [1.165, 1.54) is 20.2 Å². The minimum atomic E-state index is 0.394. The number of nitrogens with zero attached hydrogens (tertiary/aromatic N) is 5. The van der Waals surface area contributed by atoms with Crippen molar-refractivity contribution in [2.24, 2.45) is 0 Å². The maximum atomic E-state index is 11.8. The maximum Gasteiger partial charge on any atom is 0.220 e. The lowest BCUT2D eigenvalue weighted by Gasteiger charge is -2.25. The molecular formula is C55H29N5S. The standard InChI is InChI=1S/C55H29N5S/c1-57-51-46(32-15-4-2-5-16-32)41(31-56)53(59-42-24-12-10-21-36(42)39-27-28-45-49(52(39)59)40-22-11-13-26-44(40)61-45)47(33-17-6-3-7-18-33)54(51)60-43-25-14-23-37-34-19-8-9-20-35(34)38-29-30-58-55(60)50(38)48(37)43/h2-30H. The molecule has 0 aliphatic carbocycles. The number of para-hydroxylation sites is 1. The van der Waals surface area contributed by atoms with Crippen LogP contribution in [0.2, 0.25) is 0 Å². The second kappa shape index (κ2) is 12.6. The lowest BCUT2D eigenvalue weighted by Crippen LogP contribution is -2.09. The summed E-state index contributed by atoms with van der Waals surface area (Å²) in [6, 6.07) is 61.8. The Morgan fingerprint density at radius 1 is 0.492 bits per heavy atom. The van der Waals surface area contributed by atoms with Crippen molar-refractivity contribution in [2.75, 3.05) is 0 Å². The first-order valence-electron chi connectivity index (χ1n) is 20.2. The Balaban J connectivity index is 1.35. The van der Waals surface area contributed by atoms with Gasteiger partial charge in [0.1, 0.15) is 11.7 Å². The molecule has 0 aliphatic heterocycles. The summed E-state index contributed by atoms with van der Waals surface area (Å²) in [6.07, 6.45) is 1.89. The fourth-order valence-corrected chi connectivity index (χ4v) is 11.3. The van der Waals surface area contributed by atoms with Crippen LogP contribution in [0.4, 0.5) is 5.69 Å². The predicted octanol–water partition coefficient (Wildman–Crippen LogP) is 15.1. The Hall–Kier alpha value is -8.29. The molecule has 0 radical (unpaired) electrons. The molecule has 280 valence electrons. The molecule has 9 aromatic carbocycles. The zero-order valence-corrected chi connectivity index (χ0v) is 33.2. The lowest BCUT2D eigenvalue weighted by molar-refractivity contribution is 1.12. The monoisotopic (exact) mass is 791 g/mol. The van der Waals surface area contributed by atoms with Crippen LogP contribution >= 0.6 is 11.3 Å². The molecule has 4 heterocycles. The number of pyridine rings is 1. The van der Waals surface area contributed by atoms with Crippen molar-refractivity contribution in [2.45, 2.75) is 0 Å². The first-order valence-corrected chi connectivity index (χ1v) is 21.0. The summed E-state index contributed by atoms with van der Waals surface area (Å²) in [5, 5.41) is 23.0. The molecule has 0 atom stereocenters. The summed E-state index contributed by atoms with van der Waals surface area (Å²) >= 11 is 1.78. The second-order valence-corrected chi connectivity index (χ2v) is 16.6. The molecule has 0 spiro atoms. The minimum absolute atomic E-state index is 0.394. The van der Waals surface area contributed by atoms with Gasteiger partial charge in [0.25, 0.3) is 0 Å². The predicted molar refractivity (Wildman–Crippen MR) is 254 cm³/mol. The molecule has 0 N–H and O–H groups in total. The number of hydrogen-bond acceptors (Lipinski definition) is 3. The fraction of sp³-hybridized carbons (Fsp3) is 0. The molecule has 13 aromatic rings. The molecule has 0 bridgehead atoms. The Kier molecular flexibility index (Phi) is 6.96. The van der Waals surface area contributed by atoms with E-state index in [-0.39, 0.29) is 0 Å². The summed E-state index contributed by atoms with van der Waals surface area (Å²) in [4.78, 5) is 9.69. The number of hydrogen-bond donors (Lipinski definition) is 0. The van der Waals surface area contributed by atoms with Crippen LogP contribution in [0, 0.1) is 17.9 Å². The van der Waals surface area contributed by atoms with Crippen LogP contribution in [0.25, 0.3) is 124 Å². The van der Waals surface area contributed by atoms with E-state index in [0.29, 0.717) is 22.5 Å². The van der Waals surface area contributed by atoms with E-state index in [1.807, 2.05) is 54.7 Å². The average Bonchev–Trinajstić information content (AvgIpc) is 3.99. The molecule has 0 saturated heterocycles. The second-order valence-electron chi connectivity index (χ2n) is 15.5. The highest BCUT2D eigenvalue weighted by Gasteiger charge is 2.33. The van der Waals surface area contributed by atoms with Gasteiger partial charge in [-0.15, -0.1) is 11.3 Å². The van der Waals surface area contributed by atoms with Crippen molar-refractivity contribution < 1.29 is 0 Å². The lowest BCUT2D eigenvalue weighted by atomic mass is 9.88. The molecule has 61 heavy (non-hydrogen) atoms. The SMILES string of the molecule is [C-]#[N+]c1c(-c2ccccc2)c(C#N)c(-n2c3ccccc3c3ccc4sc5ccccc5c4c32)c(-c2ccccc2)c1-n1c2cccc3c4ccccc4c4ccnc1c4c32. The summed E-state index contributed by atoms with van der Waals surface area (Å²) in [7, 11) is 0. The number of thiophene rings is 1. The van der Waals surface area contributed by atoms with Gasteiger partial charge in [0.05, 0.1) is 40.1 Å². The van der Waals surface area contributed by atoms with Gasteiger partial charge in [-0.05, 0) is 63.0 Å². The molecule has 0 fully saturated rings. The fourth-order valence-electron chi connectivity index (χ4n) is 10.2. The van der Waals surface area contributed by atoms with Crippen LogP contribution in [0.1, 0.15) is 5.56 Å². The zero-order chi connectivity index (χ0) is 40.3. The maximum absolute atomic E-state index is 11.8. The first kappa shape index (κ1) is 33.7. The smallest absolute Gasteiger partial charge is 0.220 e. The van der Waals surface area contributed by atoms with Crippen molar-refractivity contribution in [3.8, 4) is 39.7 Å². The average molecular weight is 792 g/mol. The summed E-state index contributed by atoms with van der Waals surface area (Å²) < 4.78 is 6.93. The molecule has 13 rings (SSSR count). The molecule has 0 unspecified atom stereocenters. The molecular weight excluding hydrogens is 763 g/mol. The Labute approximate surface area is 353 Å². The third kappa shape index (κ3) is 4.44. The van der Waals surface area contributed by atoms with Crippen LogP contribution in [-0.4, -0.2) is 14.1 Å². The third-order valence-electron chi connectivity index (χ3n) is 12.6. The van der Waals surface area contributed by atoms with Gasteiger partial charge in [-0.3, -0.25) is 0 Å². The van der Waals surface area contributed by atoms with Crippen LogP contribution in [0.15, 0.2) is 176 Å². The Bertz CT molecular complexity index is 3980. The molecule has 6 heteroatoms. The molecule has 5 nitrogen and oxygen atoms in total. The molecule has 4 aromatic heterocycles. The highest BCUT2D eigenvalue weighted by atomic mass is 32.1. The van der Waals surface area contributed by atoms with Gasteiger partial charge in [0, 0.05) is 59.0 Å². The van der Waals surface area contributed by atoms with Crippen LogP contribution < -0.4 is 0 Å². The van der Waals surface area contributed by atoms with Crippen molar-refractivity contribution in [1.29, 1.82) is 5.26 Å². The van der Waals surface area contributed by atoms with Crippen LogP contribution in [0.3, 0.4) is 0 Å². The van der Waals surface area contributed by atoms with E-state index < -0.39 is 0 Å². The number of rotatable bonds is 4. The quantitative estimate of drug-likeness (QED) is 0.132. The number of fused-ring (bicyclic) bond motifs is 10. The third-order valence-corrected chi connectivity index (χ3v) is 13.7. The van der Waals surface area contributed by atoms with Crippen molar-refractivity contribution >= 4 is 102 Å². The van der Waals surface area contributed by atoms with Crippen molar-refractivity contribution in [3.63, 3.8) is 0 Å². The number of benzene rings is 9. The van der Waals surface area contributed by atoms with Gasteiger partial charge in [-0.2, -0.15) is 5.26 Å². The van der Waals surface area contributed by atoms with E-state index in [1.54, 1.807) is 11.3 Å². The Morgan fingerprint density at radius 3 is 1.85 bits per heavy atom. The van der Waals surface area contributed by atoms with Gasteiger partial charge >= 0.3 is 0 Å². The van der Waals surface area contributed by atoms with E-state index >= 15 is 0 Å². The molecule has 0 aliphatic rings. The summed E-state index contributed by atoms with van der Waals surface area (Å²) in [5.41, 5.74) is 9.04. The van der Waals surface area contributed by atoms with Gasteiger partial charge < -0.3 is 9.13 Å². The highest BCUT2D eigenvalue weighted by Crippen LogP contribution is 2.54. The highest BCUT2D eigenvalue weighted by molar-refractivity contribution is 7.26. The molecule has 0 saturated carbocycles. The van der Waals surface area contributed by atoms with E-state index in [4.69, 9.17) is 4.98 Å². The number of nitriles is 1. The minimum Gasteiger partial charge on any atom is -0.307 e. The van der Waals surface area contributed by atoms with Crippen LogP contribution in [0.5, 0.6) is 0 Å². The Morgan fingerprint density at radius 2 is 1.11 bits per heavy atom. The van der Waals surface area contributed by atoms with E-state index in [2.05, 4.69) is 141 Å². The zero-order valence-electron chi connectivity index (χ0n) is 32.4. The van der Waals surface area contributed by atoms with Crippen LogP contribution in [-0.2, 0) is 0 Å². The van der Waals surface area contributed by atoms with E-state index in [0.717, 1.165) is 87.7 Å². The van der Waals surface area contributed by atoms with Gasteiger partial charge in [0.15, 0.2) is 0 Å². The topological polar surface area (TPSA) is 50.9 Å². The normalized spacial score (nSPS) is 11.9. The van der Waals surface area contributed by atoms with Gasteiger partial charge in [0.2, 0.25) is 5.69 Å². The summed E-state index contributed by atoms with van der Waals surface area (Å²) in [5.74, 6) is 0. The number of aromatic nitrogens is 3. The van der Waals surface area contributed by atoms with Gasteiger partial charge in [-0.25, -0.2) is 9.83 Å². The van der Waals surface area contributed by atoms with Gasteiger partial charge in [-0.1, -0.05) is 140 Å². The van der Waals surface area contributed by atoms with E-state index in [9.17, 15) is 11.8 Å². The molecule has 0 amide bonds. The largest absolute Gasteiger partial charge is 0.307 e. The van der Waals surface area contributed by atoms with Crippen molar-refractivity contribution in [3.05, 3.63) is 193 Å². The first-order chi connectivity index (χ1) is 30.2. The summed E-state index contributed by atoms with van der Waals surface area (Å²) in [6.45, 7) is 9.19. The van der Waals surface area contributed by atoms with Crippen molar-refractivity contribution in [1.82, 2.24) is 14.1 Å².